The van der Waals surface area contributed by atoms with Crippen LogP contribution in [0.4, 0.5) is 0 Å². The maximum atomic E-state index is 13.6. The van der Waals surface area contributed by atoms with E-state index in [1.54, 1.807) is 19.1 Å². The number of aryl methyl sites for hydroxylation is 1. The van der Waals surface area contributed by atoms with Crippen LogP contribution in [0, 0.1) is 24.2 Å². The van der Waals surface area contributed by atoms with Crippen molar-refractivity contribution in [3.8, 4) is 0 Å². The van der Waals surface area contributed by atoms with Crippen molar-refractivity contribution < 1.29 is 18.3 Å². The van der Waals surface area contributed by atoms with Gasteiger partial charge in [0, 0.05) is 24.7 Å². The second-order valence-corrected chi connectivity index (χ2v) is 13.7. The minimum Gasteiger partial charge on any atom is -0.390 e. The molecule has 0 spiro atoms. The fourth-order valence-corrected chi connectivity index (χ4v) is 9.50. The molecule has 0 aromatic heterocycles. The van der Waals surface area contributed by atoms with Gasteiger partial charge in [-0.05, 0) is 98.4 Å². The summed E-state index contributed by atoms with van der Waals surface area (Å²) in [4.78, 5) is 13.5. The van der Waals surface area contributed by atoms with E-state index in [1.807, 2.05) is 24.3 Å². The number of carbonyl (C=O) groups excluding carboxylic acids is 1. The average molecular weight is 495 g/mol. The summed E-state index contributed by atoms with van der Waals surface area (Å²) in [6, 6.07) is 12.7. The first-order valence-electron chi connectivity index (χ1n) is 12.8. The maximum absolute atomic E-state index is 13.6. The van der Waals surface area contributed by atoms with Crippen molar-refractivity contribution in [2.24, 2.45) is 17.3 Å². The summed E-state index contributed by atoms with van der Waals surface area (Å²) in [5.41, 5.74) is 2.38. The van der Waals surface area contributed by atoms with Crippen molar-refractivity contribution in [2.45, 2.75) is 82.0 Å². The first kappa shape index (κ1) is 23.2. The molecule has 0 radical (unpaired) electrons. The fourth-order valence-electron chi connectivity index (χ4n) is 7.85. The maximum Gasteiger partial charge on any atom is 0.251 e. The third kappa shape index (κ3) is 3.83. The molecule has 186 valence electrons. The minimum absolute atomic E-state index is 0.0740. The molecule has 3 unspecified atom stereocenters. The van der Waals surface area contributed by atoms with Crippen LogP contribution < -0.4 is 5.32 Å². The Morgan fingerprint density at radius 2 is 1.69 bits per heavy atom. The Hall–Kier alpha value is -2.22. The van der Waals surface area contributed by atoms with Gasteiger partial charge in [0.05, 0.1) is 10.5 Å². The zero-order valence-corrected chi connectivity index (χ0v) is 21.3. The number of rotatable bonds is 5. The first-order valence-corrected chi connectivity index (χ1v) is 14.2. The summed E-state index contributed by atoms with van der Waals surface area (Å²) in [5, 5.41) is 14.3. The molecule has 3 atom stereocenters. The van der Waals surface area contributed by atoms with E-state index in [-0.39, 0.29) is 22.3 Å². The van der Waals surface area contributed by atoms with Crippen molar-refractivity contribution in [3.05, 3.63) is 64.7 Å². The third-order valence-electron chi connectivity index (χ3n) is 9.22. The lowest BCUT2D eigenvalue weighted by Crippen LogP contribution is -2.61. The lowest BCUT2D eigenvalue weighted by Gasteiger charge is -2.62. The van der Waals surface area contributed by atoms with Crippen LogP contribution in [0.25, 0.3) is 0 Å². The SMILES string of the molecule is Cc1ccc(C(=O)NC(C)C23CC4CC(CC(O)(C4)C2)C3)cc1S(=O)(=O)N1Cc2ccccc2C1. The summed E-state index contributed by atoms with van der Waals surface area (Å²) < 4.78 is 28.6. The number of hydrogen-bond acceptors (Lipinski definition) is 4. The first-order chi connectivity index (χ1) is 16.6. The van der Waals surface area contributed by atoms with Crippen LogP contribution in [0.3, 0.4) is 0 Å². The highest BCUT2D eigenvalue weighted by Gasteiger charge is 2.59. The number of amides is 1. The molecule has 0 saturated heterocycles. The van der Waals surface area contributed by atoms with Crippen LogP contribution in [0.5, 0.6) is 0 Å². The van der Waals surface area contributed by atoms with E-state index < -0.39 is 15.6 Å². The Labute approximate surface area is 207 Å². The average Bonchev–Trinajstić information content (AvgIpc) is 3.23. The Kier molecular flexibility index (Phi) is 5.23. The zero-order chi connectivity index (χ0) is 24.6. The molecule has 2 N–H and O–H groups in total. The number of aliphatic hydroxyl groups is 1. The molecule has 7 rings (SSSR count). The quantitative estimate of drug-likeness (QED) is 0.654. The smallest absolute Gasteiger partial charge is 0.251 e. The topological polar surface area (TPSA) is 86.7 Å². The largest absolute Gasteiger partial charge is 0.390 e. The van der Waals surface area contributed by atoms with Gasteiger partial charge >= 0.3 is 0 Å². The Morgan fingerprint density at radius 3 is 2.29 bits per heavy atom. The van der Waals surface area contributed by atoms with Gasteiger partial charge in [-0.15, -0.1) is 0 Å². The van der Waals surface area contributed by atoms with Crippen LogP contribution in [0.15, 0.2) is 47.4 Å². The monoisotopic (exact) mass is 494 g/mol. The van der Waals surface area contributed by atoms with Crippen LogP contribution in [0.1, 0.15) is 72.5 Å². The second kappa shape index (κ2) is 7.89. The number of nitrogens with one attached hydrogen (secondary N) is 1. The van der Waals surface area contributed by atoms with Gasteiger partial charge in [0.2, 0.25) is 10.0 Å². The summed E-state index contributed by atoms with van der Waals surface area (Å²) in [6.07, 6.45) is 5.84. The summed E-state index contributed by atoms with van der Waals surface area (Å²) >= 11 is 0. The predicted octanol–water partition coefficient (Wildman–Crippen LogP) is 4.15. The van der Waals surface area contributed by atoms with Crippen LogP contribution >= 0.6 is 0 Å². The predicted molar refractivity (Wildman–Crippen MR) is 133 cm³/mol. The molecule has 1 aliphatic heterocycles. The molecule has 6 nitrogen and oxygen atoms in total. The number of nitrogens with zero attached hydrogens (tertiary/aromatic N) is 1. The van der Waals surface area contributed by atoms with Crippen LogP contribution in [-0.2, 0) is 23.1 Å². The molecule has 4 bridgehead atoms. The fraction of sp³-hybridized carbons (Fsp3) is 0.536. The highest BCUT2D eigenvalue weighted by Crippen LogP contribution is 2.62. The molecule has 1 amide bonds. The van der Waals surface area contributed by atoms with Gasteiger partial charge < -0.3 is 10.4 Å². The molecule has 4 saturated carbocycles. The zero-order valence-electron chi connectivity index (χ0n) is 20.5. The molecule has 1 heterocycles. The van der Waals surface area contributed by atoms with Crippen LogP contribution in [0.2, 0.25) is 0 Å². The van der Waals surface area contributed by atoms with Gasteiger partial charge in [-0.2, -0.15) is 4.31 Å². The summed E-state index contributed by atoms with van der Waals surface area (Å²) in [6.45, 7) is 4.52. The van der Waals surface area contributed by atoms with Crippen molar-refractivity contribution >= 4 is 15.9 Å². The molecule has 4 fully saturated rings. The molecular weight excluding hydrogens is 460 g/mol. The van der Waals surface area contributed by atoms with E-state index in [0.717, 1.165) is 43.2 Å². The standard InChI is InChI=1S/C28H34N2O4S/c1-18-7-8-22(10-25(18)35(33,34)30-15-23-5-3-4-6-24(23)16-30)26(31)29-19(2)27-11-20-9-21(12-27)14-28(32,13-20)17-27/h3-8,10,19-21,32H,9,11-17H2,1-2H3,(H,29,31). The summed E-state index contributed by atoms with van der Waals surface area (Å²) in [5.74, 6) is 0.837. The van der Waals surface area contributed by atoms with Crippen molar-refractivity contribution in [1.29, 1.82) is 0 Å². The second-order valence-electron chi connectivity index (χ2n) is 11.8. The molecule has 2 aromatic carbocycles. The third-order valence-corrected chi connectivity index (χ3v) is 11.2. The van der Waals surface area contributed by atoms with Gasteiger partial charge in [0.1, 0.15) is 0 Å². The van der Waals surface area contributed by atoms with Crippen molar-refractivity contribution in [3.63, 3.8) is 0 Å². The number of benzene rings is 2. The van der Waals surface area contributed by atoms with Gasteiger partial charge in [-0.25, -0.2) is 8.42 Å². The normalized spacial score (nSPS) is 32.4. The van der Waals surface area contributed by atoms with E-state index in [4.69, 9.17) is 0 Å². The number of carbonyl (C=O) groups is 1. The van der Waals surface area contributed by atoms with Crippen LogP contribution in [-0.4, -0.2) is 35.4 Å². The number of sulfonamides is 1. The van der Waals surface area contributed by atoms with Gasteiger partial charge in [-0.3, -0.25) is 4.79 Å². The molecule has 7 heteroatoms. The highest BCUT2D eigenvalue weighted by molar-refractivity contribution is 7.89. The van der Waals surface area contributed by atoms with Gasteiger partial charge in [0.15, 0.2) is 0 Å². The van der Waals surface area contributed by atoms with E-state index >= 15 is 0 Å². The number of fused-ring (bicyclic) bond motifs is 1. The van der Waals surface area contributed by atoms with E-state index in [1.165, 1.54) is 16.8 Å². The molecule has 5 aliphatic rings. The van der Waals surface area contributed by atoms with Crippen molar-refractivity contribution in [2.75, 3.05) is 0 Å². The van der Waals surface area contributed by atoms with Crippen molar-refractivity contribution in [1.82, 2.24) is 9.62 Å². The Bertz CT molecular complexity index is 1260. The van der Waals surface area contributed by atoms with E-state index in [9.17, 15) is 18.3 Å². The molecular formula is C28H34N2O4S. The highest BCUT2D eigenvalue weighted by atomic mass is 32.2. The van der Waals surface area contributed by atoms with Gasteiger partial charge in [0.25, 0.3) is 5.91 Å². The summed E-state index contributed by atoms with van der Waals surface area (Å²) in [7, 11) is -3.75. The molecule has 4 aliphatic carbocycles. The lowest BCUT2D eigenvalue weighted by atomic mass is 9.46. The minimum atomic E-state index is -3.75. The Morgan fingerprint density at radius 1 is 1.06 bits per heavy atom. The van der Waals surface area contributed by atoms with Gasteiger partial charge in [-0.1, -0.05) is 30.3 Å². The molecule has 35 heavy (non-hydrogen) atoms. The lowest BCUT2D eigenvalue weighted by molar-refractivity contribution is -0.171. The number of hydrogen-bond donors (Lipinski definition) is 2. The van der Waals surface area contributed by atoms with E-state index in [2.05, 4.69) is 12.2 Å². The van der Waals surface area contributed by atoms with E-state index in [0.29, 0.717) is 36.1 Å². The Balaban J connectivity index is 1.23. The molecule has 2 aromatic rings.